The maximum atomic E-state index is 12.0. The quantitative estimate of drug-likeness (QED) is 0.602. The summed E-state index contributed by atoms with van der Waals surface area (Å²) in [4.78, 5) is 1.81. The number of nitriles is 1. The zero-order valence-corrected chi connectivity index (χ0v) is 7.41. The molecule has 0 radical (unpaired) electrons. The molecule has 1 saturated heterocycles. The van der Waals surface area contributed by atoms with Crippen LogP contribution in [0.5, 0.6) is 0 Å². The van der Waals surface area contributed by atoms with E-state index in [0.29, 0.717) is 13.1 Å². The first kappa shape index (κ1) is 10.4. The highest BCUT2D eigenvalue weighted by Crippen LogP contribution is 2.03. The van der Waals surface area contributed by atoms with E-state index in [2.05, 4.69) is 11.4 Å². The Bertz CT molecular complexity index is 194. The molecule has 1 heterocycles. The van der Waals surface area contributed by atoms with Crippen molar-refractivity contribution < 1.29 is 9.50 Å². The molecular formula is C8H14FN3O. The van der Waals surface area contributed by atoms with E-state index in [1.807, 2.05) is 0 Å². The largest absolute Gasteiger partial charge is 0.389 e. The SMILES string of the molecule is N#CC1CNCCN1CC(O)CF. The number of halogens is 1. The molecule has 0 aliphatic carbocycles. The third kappa shape index (κ3) is 2.92. The number of rotatable bonds is 3. The maximum absolute atomic E-state index is 12.0. The lowest BCUT2D eigenvalue weighted by molar-refractivity contribution is 0.0715. The summed E-state index contributed by atoms with van der Waals surface area (Å²) < 4.78 is 12.0. The first-order chi connectivity index (χ1) is 6.27. The predicted octanol–water partition coefficient (Wildman–Crippen LogP) is -0.886. The summed E-state index contributed by atoms with van der Waals surface area (Å²) in [7, 11) is 0. The topological polar surface area (TPSA) is 59.3 Å². The second-order valence-electron chi connectivity index (χ2n) is 3.15. The van der Waals surface area contributed by atoms with Crippen molar-refractivity contribution in [2.75, 3.05) is 32.9 Å². The zero-order valence-electron chi connectivity index (χ0n) is 7.41. The molecule has 0 bridgehead atoms. The van der Waals surface area contributed by atoms with Crippen LogP contribution in [-0.4, -0.2) is 55.0 Å². The van der Waals surface area contributed by atoms with E-state index >= 15 is 0 Å². The van der Waals surface area contributed by atoms with Gasteiger partial charge in [0, 0.05) is 26.2 Å². The number of hydrogen-bond acceptors (Lipinski definition) is 4. The van der Waals surface area contributed by atoms with Crippen molar-refractivity contribution in [1.82, 2.24) is 10.2 Å². The number of hydrogen-bond donors (Lipinski definition) is 2. The Morgan fingerprint density at radius 1 is 1.77 bits per heavy atom. The first-order valence-electron chi connectivity index (χ1n) is 4.36. The van der Waals surface area contributed by atoms with Gasteiger partial charge in [-0.05, 0) is 0 Å². The third-order valence-corrected chi connectivity index (χ3v) is 2.13. The normalized spacial score (nSPS) is 26.7. The molecule has 0 aromatic carbocycles. The number of nitrogens with zero attached hydrogens (tertiary/aromatic N) is 2. The van der Waals surface area contributed by atoms with Crippen LogP contribution in [0.15, 0.2) is 0 Å². The summed E-state index contributed by atoms with van der Waals surface area (Å²) in [6.07, 6.45) is -0.964. The minimum absolute atomic E-state index is 0.241. The van der Waals surface area contributed by atoms with E-state index in [1.54, 1.807) is 4.90 Å². The molecule has 2 unspecified atom stereocenters. The minimum atomic E-state index is -0.964. The maximum Gasteiger partial charge on any atom is 0.117 e. The van der Waals surface area contributed by atoms with Crippen LogP contribution in [0.4, 0.5) is 4.39 Å². The Morgan fingerprint density at radius 2 is 2.54 bits per heavy atom. The van der Waals surface area contributed by atoms with Crippen molar-refractivity contribution >= 4 is 0 Å². The van der Waals surface area contributed by atoms with Crippen LogP contribution in [-0.2, 0) is 0 Å². The van der Waals surface area contributed by atoms with Crippen LogP contribution >= 0.6 is 0 Å². The molecule has 13 heavy (non-hydrogen) atoms. The second kappa shape index (κ2) is 5.12. The molecule has 0 aromatic rings. The molecule has 2 atom stereocenters. The highest BCUT2D eigenvalue weighted by atomic mass is 19.1. The molecule has 0 spiro atoms. The molecule has 1 rings (SSSR count). The van der Waals surface area contributed by atoms with Gasteiger partial charge in [0.2, 0.25) is 0 Å². The van der Waals surface area contributed by atoms with Crippen LogP contribution in [0.25, 0.3) is 0 Å². The number of nitrogens with one attached hydrogen (secondary N) is 1. The van der Waals surface area contributed by atoms with Gasteiger partial charge in [-0.1, -0.05) is 0 Å². The second-order valence-corrected chi connectivity index (χ2v) is 3.15. The van der Waals surface area contributed by atoms with Crippen LogP contribution < -0.4 is 5.32 Å². The van der Waals surface area contributed by atoms with Crippen molar-refractivity contribution in [3.8, 4) is 6.07 Å². The van der Waals surface area contributed by atoms with Crippen LogP contribution in [0, 0.1) is 11.3 Å². The molecule has 0 amide bonds. The lowest BCUT2D eigenvalue weighted by atomic mass is 10.2. The molecule has 0 aromatic heterocycles. The average molecular weight is 187 g/mol. The minimum Gasteiger partial charge on any atom is -0.389 e. The monoisotopic (exact) mass is 187 g/mol. The van der Waals surface area contributed by atoms with Crippen molar-refractivity contribution in [3.63, 3.8) is 0 Å². The lowest BCUT2D eigenvalue weighted by Crippen LogP contribution is -2.52. The standard InChI is InChI=1S/C8H14FN3O/c9-3-8(13)6-12-2-1-11-5-7(12)4-10/h7-8,11,13H,1-3,5-6H2. The fourth-order valence-corrected chi connectivity index (χ4v) is 1.41. The number of aliphatic hydroxyl groups is 1. The van der Waals surface area contributed by atoms with Gasteiger partial charge in [-0.15, -0.1) is 0 Å². The number of aliphatic hydroxyl groups excluding tert-OH is 1. The number of piperazine rings is 1. The van der Waals surface area contributed by atoms with E-state index in [0.717, 1.165) is 6.54 Å². The van der Waals surface area contributed by atoms with Crippen molar-refractivity contribution in [1.29, 1.82) is 5.26 Å². The van der Waals surface area contributed by atoms with Crippen LogP contribution in [0.1, 0.15) is 0 Å². The third-order valence-electron chi connectivity index (χ3n) is 2.13. The van der Waals surface area contributed by atoms with Gasteiger partial charge in [-0.3, -0.25) is 4.90 Å². The highest BCUT2D eigenvalue weighted by molar-refractivity contribution is 4.96. The Hall–Kier alpha value is -0.700. The van der Waals surface area contributed by atoms with Crippen molar-refractivity contribution in [2.24, 2.45) is 0 Å². The number of alkyl halides is 1. The Labute approximate surface area is 77.0 Å². The average Bonchev–Trinajstić information content (AvgIpc) is 2.18. The summed E-state index contributed by atoms with van der Waals surface area (Å²) in [6, 6.07) is 1.87. The summed E-state index contributed by atoms with van der Waals surface area (Å²) in [5, 5.41) is 20.9. The molecule has 4 nitrogen and oxygen atoms in total. The molecular weight excluding hydrogens is 173 g/mol. The van der Waals surface area contributed by atoms with E-state index < -0.39 is 12.8 Å². The summed E-state index contributed by atoms with van der Waals surface area (Å²) >= 11 is 0. The Balaban J connectivity index is 2.41. The molecule has 74 valence electrons. The first-order valence-corrected chi connectivity index (χ1v) is 4.36. The van der Waals surface area contributed by atoms with E-state index in [1.165, 1.54) is 0 Å². The smallest absolute Gasteiger partial charge is 0.117 e. The van der Waals surface area contributed by atoms with E-state index in [4.69, 9.17) is 10.4 Å². The van der Waals surface area contributed by atoms with Gasteiger partial charge in [0.25, 0.3) is 0 Å². The van der Waals surface area contributed by atoms with E-state index in [9.17, 15) is 4.39 Å². The van der Waals surface area contributed by atoms with E-state index in [-0.39, 0.29) is 12.6 Å². The Morgan fingerprint density at radius 3 is 3.15 bits per heavy atom. The van der Waals surface area contributed by atoms with Crippen LogP contribution in [0.2, 0.25) is 0 Å². The van der Waals surface area contributed by atoms with Crippen LogP contribution in [0.3, 0.4) is 0 Å². The van der Waals surface area contributed by atoms with Crippen molar-refractivity contribution in [3.05, 3.63) is 0 Å². The van der Waals surface area contributed by atoms with Gasteiger partial charge in [0.15, 0.2) is 0 Å². The summed E-state index contributed by atoms with van der Waals surface area (Å²) in [5.41, 5.74) is 0. The molecule has 1 fully saturated rings. The molecule has 5 heteroatoms. The van der Waals surface area contributed by atoms with Gasteiger partial charge in [-0.2, -0.15) is 5.26 Å². The number of β-amino-alcohol motifs (C(OH)–C–C–N with tert-alkyl or cyclic N) is 1. The lowest BCUT2D eigenvalue weighted by Gasteiger charge is -2.32. The fourth-order valence-electron chi connectivity index (χ4n) is 1.41. The van der Waals surface area contributed by atoms with Gasteiger partial charge in [0.05, 0.1) is 12.2 Å². The molecule has 0 saturated carbocycles. The zero-order chi connectivity index (χ0) is 9.68. The highest BCUT2D eigenvalue weighted by Gasteiger charge is 2.23. The van der Waals surface area contributed by atoms with Gasteiger partial charge < -0.3 is 10.4 Å². The summed E-state index contributed by atoms with van der Waals surface area (Å²) in [5.74, 6) is 0. The Kier molecular flexibility index (Phi) is 4.09. The molecule has 1 aliphatic heterocycles. The van der Waals surface area contributed by atoms with Gasteiger partial charge in [-0.25, -0.2) is 4.39 Å². The van der Waals surface area contributed by atoms with Gasteiger partial charge >= 0.3 is 0 Å². The fraction of sp³-hybridized carbons (Fsp3) is 0.875. The molecule has 2 N–H and O–H groups in total. The molecule has 1 aliphatic rings. The predicted molar refractivity (Wildman–Crippen MR) is 45.8 cm³/mol. The van der Waals surface area contributed by atoms with Crippen molar-refractivity contribution in [2.45, 2.75) is 12.1 Å². The van der Waals surface area contributed by atoms with Gasteiger partial charge in [0.1, 0.15) is 12.7 Å². The summed E-state index contributed by atoms with van der Waals surface area (Å²) in [6.45, 7) is 1.57.